The van der Waals surface area contributed by atoms with Gasteiger partial charge in [0.2, 0.25) is 0 Å². The minimum absolute atomic E-state index is 0.0669. The number of carbonyl (C=O) groups is 1. The number of benzene rings is 4. The Bertz CT molecular complexity index is 1420. The van der Waals surface area contributed by atoms with E-state index in [1.807, 2.05) is 37.3 Å². The summed E-state index contributed by atoms with van der Waals surface area (Å²) in [5.41, 5.74) is 5.90. The lowest BCUT2D eigenvalue weighted by atomic mass is 9.83. The predicted molar refractivity (Wildman–Crippen MR) is 141 cm³/mol. The molecule has 5 rings (SSSR count). The molecule has 0 bridgehead atoms. The van der Waals surface area contributed by atoms with Crippen LogP contribution in [0.5, 0.6) is 5.75 Å². The number of rotatable bonds is 5. The number of nitrogens with zero attached hydrogens (tertiary/aromatic N) is 1. The maximum Gasteiger partial charge on any atom is 0.338 e. The van der Waals surface area contributed by atoms with Crippen molar-refractivity contribution in [3.8, 4) is 5.75 Å². The molecule has 1 heterocycles. The molecule has 0 radical (unpaired) electrons. The second-order valence-electron chi connectivity index (χ2n) is 9.08. The smallest absolute Gasteiger partial charge is 0.338 e. The van der Waals surface area contributed by atoms with E-state index in [9.17, 15) is 4.79 Å². The van der Waals surface area contributed by atoms with Gasteiger partial charge in [-0.25, -0.2) is 4.79 Å². The summed E-state index contributed by atoms with van der Waals surface area (Å²) in [6.45, 7) is 4.57. The number of aryl methyl sites for hydroxylation is 1. The first-order valence-corrected chi connectivity index (χ1v) is 12.0. The number of fused-ring (bicyclic) bond motifs is 2. The van der Waals surface area contributed by atoms with Gasteiger partial charge in [-0.15, -0.1) is 0 Å². The van der Waals surface area contributed by atoms with Crippen molar-refractivity contribution >= 4 is 22.5 Å². The molecule has 4 aromatic carbocycles. The number of esters is 1. The molecule has 0 aliphatic carbocycles. The van der Waals surface area contributed by atoms with Gasteiger partial charge in [-0.1, -0.05) is 72.8 Å². The zero-order valence-corrected chi connectivity index (χ0v) is 20.3. The van der Waals surface area contributed by atoms with Crippen molar-refractivity contribution in [3.63, 3.8) is 0 Å². The first-order chi connectivity index (χ1) is 17.0. The number of ether oxygens (including phenoxy) is 2. The van der Waals surface area contributed by atoms with Crippen molar-refractivity contribution in [3.05, 3.63) is 113 Å². The molecule has 0 N–H and O–H groups in total. The lowest BCUT2D eigenvalue weighted by molar-refractivity contribution is 0.0599. The second-order valence-corrected chi connectivity index (χ2v) is 9.08. The molecule has 1 aliphatic heterocycles. The Balaban J connectivity index is 1.45. The minimum Gasteiger partial charge on any atom is -0.488 e. The van der Waals surface area contributed by atoms with Crippen molar-refractivity contribution in [1.82, 2.24) is 0 Å². The van der Waals surface area contributed by atoms with Crippen molar-refractivity contribution in [2.24, 2.45) is 4.99 Å². The Morgan fingerprint density at radius 1 is 0.971 bits per heavy atom. The third-order valence-corrected chi connectivity index (χ3v) is 6.87. The van der Waals surface area contributed by atoms with Crippen molar-refractivity contribution in [2.75, 3.05) is 13.7 Å². The average molecular weight is 464 g/mol. The Morgan fingerprint density at radius 3 is 2.60 bits per heavy atom. The summed E-state index contributed by atoms with van der Waals surface area (Å²) < 4.78 is 11.4. The number of hydrogen-bond donors (Lipinski definition) is 0. The van der Waals surface area contributed by atoms with E-state index in [1.165, 1.54) is 17.9 Å². The van der Waals surface area contributed by atoms with Crippen LogP contribution in [0, 0.1) is 6.92 Å². The van der Waals surface area contributed by atoms with E-state index in [0.717, 1.165) is 40.1 Å². The number of methoxy groups -OCH3 is 1. The molecule has 176 valence electrons. The van der Waals surface area contributed by atoms with E-state index in [4.69, 9.17) is 14.5 Å². The van der Waals surface area contributed by atoms with Gasteiger partial charge in [0.1, 0.15) is 11.9 Å². The standard InChI is InChI=1S/C31H29NO3/c1-20-15-16-23(17-28(20)31(33)34-3)29-18-24(35-30-14-7-6-12-27(29)30)19-32-21(2)25-13-8-10-22-9-4-5-11-26(22)25/h4-17,24,29H,18-19H2,1-3H3/b32-21+/t24-,29?/m1/s1. The normalized spacial score (nSPS) is 17.5. The quantitative estimate of drug-likeness (QED) is 0.244. The van der Waals surface area contributed by atoms with Gasteiger partial charge in [0.05, 0.1) is 19.2 Å². The third-order valence-electron chi connectivity index (χ3n) is 6.87. The molecular weight excluding hydrogens is 434 g/mol. The molecule has 4 heteroatoms. The molecule has 1 unspecified atom stereocenters. The highest BCUT2D eigenvalue weighted by Gasteiger charge is 2.30. The van der Waals surface area contributed by atoms with E-state index in [2.05, 4.69) is 61.5 Å². The van der Waals surface area contributed by atoms with Crippen molar-refractivity contribution in [2.45, 2.75) is 32.3 Å². The van der Waals surface area contributed by atoms with Gasteiger partial charge >= 0.3 is 5.97 Å². The highest BCUT2D eigenvalue weighted by Crippen LogP contribution is 2.41. The molecule has 1 aliphatic rings. The van der Waals surface area contributed by atoms with Crippen LogP contribution in [0.25, 0.3) is 10.8 Å². The lowest BCUT2D eigenvalue weighted by Crippen LogP contribution is -2.29. The third kappa shape index (κ3) is 4.57. The fourth-order valence-corrected chi connectivity index (χ4v) is 4.97. The van der Waals surface area contributed by atoms with Gasteiger partial charge in [-0.3, -0.25) is 4.99 Å². The van der Waals surface area contributed by atoms with Gasteiger partial charge in [0.15, 0.2) is 0 Å². The predicted octanol–water partition coefficient (Wildman–Crippen LogP) is 6.73. The van der Waals surface area contributed by atoms with Crippen LogP contribution in [0.3, 0.4) is 0 Å². The highest BCUT2D eigenvalue weighted by atomic mass is 16.5. The second kappa shape index (κ2) is 9.75. The van der Waals surface area contributed by atoms with Gasteiger partial charge in [0, 0.05) is 22.8 Å². The molecule has 0 spiro atoms. The number of carbonyl (C=O) groups excluding carboxylic acids is 1. The van der Waals surface area contributed by atoms with Gasteiger partial charge in [0.25, 0.3) is 0 Å². The van der Waals surface area contributed by atoms with Crippen LogP contribution in [-0.4, -0.2) is 31.4 Å². The molecule has 35 heavy (non-hydrogen) atoms. The minimum atomic E-state index is -0.309. The largest absolute Gasteiger partial charge is 0.488 e. The van der Waals surface area contributed by atoms with E-state index in [-0.39, 0.29) is 18.0 Å². The summed E-state index contributed by atoms with van der Waals surface area (Å²) in [6.07, 6.45) is 0.718. The summed E-state index contributed by atoms with van der Waals surface area (Å²) in [4.78, 5) is 17.3. The van der Waals surface area contributed by atoms with Gasteiger partial charge in [-0.2, -0.15) is 0 Å². The van der Waals surface area contributed by atoms with Gasteiger partial charge < -0.3 is 9.47 Å². The van der Waals surface area contributed by atoms with Crippen molar-refractivity contribution in [1.29, 1.82) is 0 Å². The zero-order valence-electron chi connectivity index (χ0n) is 20.3. The highest BCUT2D eigenvalue weighted by molar-refractivity contribution is 6.09. The average Bonchev–Trinajstić information content (AvgIpc) is 2.90. The fourth-order valence-electron chi connectivity index (χ4n) is 4.97. The van der Waals surface area contributed by atoms with Crippen LogP contribution >= 0.6 is 0 Å². The fraction of sp³-hybridized carbons (Fsp3) is 0.226. The molecule has 4 nitrogen and oxygen atoms in total. The lowest BCUT2D eigenvalue weighted by Gasteiger charge is -2.32. The van der Waals surface area contributed by atoms with E-state index in [0.29, 0.717) is 12.1 Å². The van der Waals surface area contributed by atoms with Crippen LogP contribution in [0.1, 0.15) is 51.9 Å². The summed E-state index contributed by atoms with van der Waals surface area (Å²) in [5.74, 6) is 0.686. The number of para-hydroxylation sites is 1. The molecule has 4 aromatic rings. The number of hydrogen-bond acceptors (Lipinski definition) is 4. The maximum atomic E-state index is 12.3. The Labute approximate surface area is 206 Å². The van der Waals surface area contributed by atoms with E-state index in [1.54, 1.807) is 0 Å². The molecule has 0 amide bonds. The summed E-state index contributed by atoms with van der Waals surface area (Å²) >= 11 is 0. The molecule has 0 aromatic heterocycles. The molecular formula is C31H29NO3. The zero-order chi connectivity index (χ0) is 24.4. The van der Waals surface area contributed by atoms with Crippen LogP contribution in [0.4, 0.5) is 0 Å². The Hall–Kier alpha value is -3.92. The molecule has 0 saturated carbocycles. The monoisotopic (exact) mass is 463 g/mol. The summed E-state index contributed by atoms with van der Waals surface area (Å²) in [6, 6.07) is 29.0. The van der Waals surface area contributed by atoms with Gasteiger partial charge in [-0.05, 0) is 54.3 Å². The summed E-state index contributed by atoms with van der Waals surface area (Å²) in [7, 11) is 1.42. The Morgan fingerprint density at radius 2 is 1.74 bits per heavy atom. The maximum absolute atomic E-state index is 12.3. The molecule has 0 fully saturated rings. The topological polar surface area (TPSA) is 47.9 Å². The molecule has 0 saturated heterocycles. The van der Waals surface area contributed by atoms with Crippen LogP contribution in [0.2, 0.25) is 0 Å². The number of aliphatic imine (C=N–C) groups is 1. The SMILES string of the molecule is COC(=O)c1cc(C2C[C@H](C/N=C(\C)c3cccc4ccccc34)Oc3ccccc32)ccc1C. The van der Waals surface area contributed by atoms with E-state index >= 15 is 0 Å². The molecule has 2 atom stereocenters. The first kappa shape index (κ1) is 22.9. The van der Waals surface area contributed by atoms with Crippen LogP contribution in [0.15, 0.2) is 89.9 Å². The van der Waals surface area contributed by atoms with E-state index < -0.39 is 0 Å². The van der Waals surface area contributed by atoms with Crippen LogP contribution in [-0.2, 0) is 4.74 Å². The van der Waals surface area contributed by atoms with Crippen LogP contribution < -0.4 is 4.74 Å². The first-order valence-electron chi connectivity index (χ1n) is 12.0. The Kier molecular flexibility index (Phi) is 6.37. The van der Waals surface area contributed by atoms with Crippen molar-refractivity contribution < 1.29 is 14.3 Å². The summed E-state index contributed by atoms with van der Waals surface area (Å²) in [5, 5.41) is 2.42.